The summed E-state index contributed by atoms with van der Waals surface area (Å²) in [7, 11) is 0. The Balaban J connectivity index is 1.50. The largest absolute Gasteiger partial charge is 0.463 e. The summed E-state index contributed by atoms with van der Waals surface area (Å²) in [6.45, 7) is 4.09. The minimum absolute atomic E-state index is 0.148. The van der Waals surface area contributed by atoms with Gasteiger partial charge in [0, 0.05) is 11.8 Å². The van der Waals surface area contributed by atoms with Crippen molar-refractivity contribution >= 4 is 52.1 Å². The number of rotatable bonds is 8. The number of anilines is 1. The lowest BCUT2D eigenvalue weighted by Gasteiger charge is -2.11. The number of pyridine rings is 1. The van der Waals surface area contributed by atoms with Gasteiger partial charge in [0.05, 0.1) is 34.0 Å². The van der Waals surface area contributed by atoms with Gasteiger partial charge in [-0.15, -0.1) is 0 Å². The first-order valence-corrected chi connectivity index (χ1v) is 12.2. The summed E-state index contributed by atoms with van der Waals surface area (Å²) in [4.78, 5) is 28.8. The molecule has 8 heteroatoms. The quantitative estimate of drug-likeness (QED) is 0.209. The van der Waals surface area contributed by atoms with Gasteiger partial charge in [0.15, 0.2) is 5.65 Å². The van der Waals surface area contributed by atoms with Crippen molar-refractivity contribution < 1.29 is 14.3 Å². The van der Waals surface area contributed by atoms with E-state index in [2.05, 4.69) is 16.4 Å². The fourth-order valence-corrected chi connectivity index (χ4v) is 4.61. The Kier molecular flexibility index (Phi) is 7.48. The van der Waals surface area contributed by atoms with Crippen molar-refractivity contribution in [3.05, 3.63) is 77.4 Å². The lowest BCUT2D eigenvalue weighted by molar-refractivity contribution is -0.137. The Hall–Kier alpha value is -4.09. The average molecular weight is 485 g/mol. The molecule has 0 unspecified atom stereocenters. The number of imidazole rings is 1. The van der Waals surface area contributed by atoms with Crippen LogP contribution in [0.15, 0.2) is 65.7 Å². The van der Waals surface area contributed by atoms with E-state index in [9.17, 15) is 14.9 Å². The summed E-state index contributed by atoms with van der Waals surface area (Å²) in [6, 6.07) is 19.2. The number of nitriles is 1. The van der Waals surface area contributed by atoms with Crippen LogP contribution in [-0.4, -0.2) is 33.6 Å². The van der Waals surface area contributed by atoms with E-state index in [1.165, 1.54) is 17.8 Å². The second-order valence-electron chi connectivity index (χ2n) is 7.65. The molecule has 35 heavy (non-hydrogen) atoms. The highest BCUT2D eigenvalue weighted by atomic mass is 32.2. The Morgan fingerprint density at radius 2 is 1.94 bits per heavy atom. The molecular weight excluding hydrogens is 460 g/mol. The van der Waals surface area contributed by atoms with Gasteiger partial charge in [-0.1, -0.05) is 43.0 Å². The summed E-state index contributed by atoms with van der Waals surface area (Å²) in [5.41, 5.74) is 5.28. The molecule has 0 saturated carbocycles. The van der Waals surface area contributed by atoms with E-state index in [0.29, 0.717) is 29.9 Å². The predicted molar refractivity (Wildman–Crippen MR) is 138 cm³/mol. The number of esters is 1. The van der Waals surface area contributed by atoms with Crippen LogP contribution < -0.4 is 5.32 Å². The van der Waals surface area contributed by atoms with Crippen molar-refractivity contribution in [3.63, 3.8) is 0 Å². The normalized spacial score (nSPS) is 11.1. The van der Waals surface area contributed by atoms with E-state index in [1.807, 2.05) is 53.8 Å². The number of carbonyl (C=O) groups is 2. The third kappa shape index (κ3) is 5.36. The molecule has 2 heterocycles. The molecule has 7 nitrogen and oxygen atoms in total. The number of para-hydroxylation sites is 2. The second-order valence-corrected chi connectivity index (χ2v) is 8.65. The Bertz CT molecular complexity index is 1470. The van der Waals surface area contributed by atoms with Crippen LogP contribution in [0, 0.1) is 11.3 Å². The molecule has 0 aliphatic carbocycles. The van der Waals surface area contributed by atoms with Crippen molar-refractivity contribution in [1.82, 2.24) is 9.38 Å². The van der Waals surface area contributed by atoms with Crippen LogP contribution in [0.4, 0.5) is 5.69 Å². The van der Waals surface area contributed by atoms with Gasteiger partial charge in [0.1, 0.15) is 6.07 Å². The van der Waals surface area contributed by atoms with Gasteiger partial charge < -0.3 is 10.1 Å². The van der Waals surface area contributed by atoms with Crippen molar-refractivity contribution in [3.8, 4) is 6.07 Å². The first-order valence-electron chi connectivity index (χ1n) is 11.2. The highest BCUT2D eigenvalue weighted by molar-refractivity contribution is 7.99. The van der Waals surface area contributed by atoms with Crippen LogP contribution in [-0.2, 0) is 20.7 Å². The predicted octanol–water partition coefficient (Wildman–Crippen LogP) is 5.23. The number of benzene rings is 2. The number of carbonyl (C=O) groups excluding carboxylic acids is 2. The Morgan fingerprint density at radius 1 is 1.17 bits per heavy atom. The number of fused-ring (bicyclic) bond motifs is 3. The van der Waals surface area contributed by atoms with Crippen molar-refractivity contribution in [1.29, 1.82) is 5.26 Å². The molecule has 4 aromatic rings. The molecule has 0 radical (unpaired) electrons. The third-order valence-corrected chi connectivity index (χ3v) is 6.36. The van der Waals surface area contributed by atoms with Crippen molar-refractivity contribution in [2.75, 3.05) is 17.7 Å². The van der Waals surface area contributed by atoms with Gasteiger partial charge in [0.25, 0.3) is 0 Å². The monoisotopic (exact) mass is 484 g/mol. The smallest absolute Gasteiger partial charge is 0.330 e. The third-order valence-electron chi connectivity index (χ3n) is 5.36. The van der Waals surface area contributed by atoms with E-state index in [1.54, 1.807) is 25.1 Å². The standard InChI is InChI=1S/C27H24N4O3S/c1-3-19-15-25(31-23-8-6-5-7-22(23)30-27(31)21(19)16-28)35-17-24(32)29-20-12-9-18(10-13-20)11-14-26(33)34-4-2/h5-15H,3-4,17H2,1-2H3,(H,29,32). The molecule has 0 spiro atoms. The number of nitrogens with zero attached hydrogens (tertiary/aromatic N) is 3. The summed E-state index contributed by atoms with van der Waals surface area (Å²) >= 11 is 1.40. The molecule has 0 saturated heterocycles. The molecule has 1 amide bonds. The molecular formula is C27H24N4O3S. The van der Waals surface area contributed by atoms with Crippen LogP contribution >= 0.6 is 11.8 Å². The first-order chi connectivity index (χ1) is 17.0. The van der Waals surface area contributed by atoms with Gasteiger partial charge in [-0.05, 0) is 60.9 Å². The summed E-state index contributed by atoms with van der Waals surface area (Å²) in [5, 5.41) is 13.5. The maximum absolute atomic E-state index is 12.7. The highest BCUT2D eigenvalue weighted by Gasteiger charge is 2.17. The van der Waals surface area contributed by atoms with Gasteiger partial charge in [-0.3, -0.25) is 9.20 Å². The van der Waals surface area contributed by atoms with E-state index in [0.717, 1.165) is 27.2 Å². The molecule has 0 aliphatic rings. The van der Waals surface area contributed by atoms with Crippen molar-refractivity contribution in [2.45, 2.75) is 25.3 Å². The lowest BCUT2D eigenvalue weighted by Crippen LogP contribution is -2.14. The molecule has 4 rings (SSSR count). The number of hydrogen-bond donors (Lipinski definition) is 1. The van der Waals surface area contributed by atoms with Crippen molar-refractivity contribution in [2.24, 2.45) is 0 Å². The minimum atomic E-state index is -0.393. The molecule has 0 bridgehead atoms. The van der Waals surface area contributed by atoms with Gasteiger partial charge in [-0.2, -0.15) is 5.26 Å². The zero-order valence-electron chi connectivity index (χ0n) is 19.4. The maximum Gasteiger partial charge on any atom is 0.330 e. The van der Waals surface area contributed by atoms with Gasteiger partial charge in [-0.25, -0.2) is 9.78 Å². The number of thioether (sulfide) groups is 1. The average Bonchev–Trinajstić information content (AvgIpc) is 3.26. The Labute approximate surface area is 207 Å². The number of amides is 1. The van der Waals surface area contributed by atoms with E-state index in [-0.39, 0.29) is 11.7 Å². The fraction of sp³-hybridized carbons (Fsp3) is 0.185. The van der Waals surface area contributed by atoms with Crippen LogP contribution in [0.1, 0.15) is 30.5 Å². The molecule has 2 aromatic heterocycles. The van der Waals surface area contributed by atoms with Gasteiger partial charge >= 0.3 is 5.97 Å². The fourth-order valence-electron chi connectivity index (χ4n) is 3.72. The maximum atomic E-state index is 12.7. The summed E-state index contributed by atoms with van der Waals surface area (Å²) in [5.74, 6) is -0.346. The Morgan fingerprint density at radius 3 is 2.66 bits per heavy atom. The molecule has 176 valence electrons. The minimum Gasteiger partial charge on any atom is -0.463 e. The molecule has 2 aromatic carbocycles. The number of aryl methyl sites for hydroxylation is 1. The highest BCUT2D eigenvalue weighted by Crippen LogP contribution is 2.30. The molecule has 0 atom stereocenters. The number of aromatic nitrogens is 2. The SMILES string of the molecule is CCOC(=O)C=Cc1ccc(NC(=O)CSc2cc(CC)c(C#N)c3nc4ccccc4n23)cc1. The zero-order chi connectivity index (χ0) is 24.8. The lowest BCUT2D eigenvalue weighted by atomic mass is 10.1. The topological polar surface area (TPSA) is 96.5 Å². The molecule has 0 aliphatic heterocycles. The van der Waals surface area contributed by atoms with Crippen LogP contribution in [0.5, 0.6) is 0 Å². The van der Waals surface area contributed by atoms with Crippen LogP contribution in [0.2, 0.25) is 0 Å². The number of hydrogen-bond acceptors (Lipinski definition) is 6. The zero-order valence-corrected chi connectivity index (χ0v) is 20.3. The second kappa shape index (κ2) is 10.9. The van der Waals surface area contributed by atoms with E-state index < -0.39 is 5.97 Å². The van der Waals surface area contributed by atoms with Gasteiger partial charge in [0.2, 0.25) is 5.91 Å². The van der Waals surface area contributed by atoms with Crippen LogP contribution in [0.25, 0.3) is 22.8 Å². The van der Waals surface area contributed by atoms with E-state index >= 15 is 0 Å². The summed E-state index contributed by atoms with van der Waals surface area (Å²) in [6.07, 6.45) is 3.73. The first kappa shape index (κ1) is 24.0. The number of nitrogens with one attached hydrogen (secondary N) is 1. The summed E-state index contributed by atoms with van der Waals surface area (Å²) < 4.78 is 6.82. The molecule has 1 N–H and O–H groups in total. The van der Waals surface area contributed by atoms with E-state index in [4.69, 9.17) is 4.74 Å². The molecule has 0 fully saturated rings. The number of ether oxygens (including phenoxy) is 1. The van der Waals surface area contributed by atoms with Crippen LogP contribution in [0.3, 0.4) is 0 Å².